The number of hydrogen-bond donors (Lipinski definition) is 3. The Morgan fingerprint density at radius 1 is 1.30 bits per heavy atom. The van der Waals surface area contributed by atoms with E-state index in [0.29, 0.717) is 12.2 Å². The normalized spacial score (nSPS) is 22.9. The number of benzene rings is 1. The van der Waals surface area contributed by atoms with Gasteiger partial charge in [0.1, 0.15) is 0 Å². The summed E-state index contributed by atoms with van der Waals surface area (Å²) < 4.78 is 0. The van der Waals surface area contributed by atoms with Crippen molar-refractivity contribution < 1.29 is 9.90 Å². The zero-order chi connectivity index (χ0) is 14.4. The molecule has 0 heterocycles. The van der Waals surface area contributed by atoms with Gasteiger partial charge in [-0.25, -0.2) is 0 Å². The minimum absolute atomic E-state index is 0.125. The summed E-state index contributed by atoms with van der Waals surface area (Å²) in [5.74, 6) is 0.0669. The molecule has 4 nitrogen and oxygen atoms in total. The minimum Gasteiger partial charge on any atom is -0.399 e. The molecule has 1 aromatic carbocycles. The fourth-order valence-electron chi connectivity index (χ4n) is 2.50. The minimum atomic E-state index is -0.273. The number of anilines is 1. The van der Waals surface area contributed by atoms with Gasteiger partial charge in [0, 0.05) is 24.2 Å². The third kappa shape index (κ3) is 4.38. The summed E-state index contributed by atoms with van der Waals surface area (Å²) in [5, 5.41) is 12.7. The molecular weight excluding hydrogens is 252 g/mol. The van der Waals surface area contributed by atoms with E-state index in [-0.39, 0.29) is 17.9 Å². The second-order valence-corrected chi connectivity index (χ2v) is 5.36. The zero-order valence-corrected chi connectivity index (χ0v) is 11.6. The maximum Gasteiger partial charge on any atom is 0.244 e. The average Bonchev–Trinajstić information content (AvgIpc) is 2.46. The van der Waals surface area contributed by atoms with Gasteiger partial charge in [0.15, 0.2) is 0 Å². The van der Waals surface area contributed by atoms with Gasteiger partial charge in [-0.2, -0.15) is 0 Å². The van der Waals surface area contributed by atoms with E-state index >= 15 is 0 Å². The summed E-state index contributed by atoms with van der Waals surface area (Å²) in [4.78, 5) is 11.7. The Kier molecular flexibility index (Phi) is 5.18. The van der Waals surface area contributed by atoms with E-state index in [2.05, 4.69) is 5.32 Å². The lowest BCUT2D eigenvalue weighted by molar-refractivity contribution is -0.116. The Morgan fingerprint density at radius 3 is 2.70 bits per heavy atom. The van der Waals surface area contributed by atoms with Crippen LogP contribution in [0.1, 0.15) is 31.2 Å². The number of nitrogens with two attached hydrogens (primary N) is 1. The number of carbonyl (C=O) groups is 1. The molecule has 1 aliphatic carbocycles. The van der Waals surface area contributed by atoms with E-state index in [4.69, 9.17) is 5.73 Å². The van der Waals surface area contributed by atoms with Gasteiger partial charge in [-0.05, 0) is 36.6 Å². The van der Waals surface area contributed by atoms with Crippen molar-refractivity contribution >= 4 is 17.7 Å². The van der Waals surface area contributed by atoms with Gasteiger partial charge < -0.3 is 16.2 Å². The van der Waals surface area contributed by atoms with Crippen LogP contribution in [0.15, 0.2) is 30.3 Å². The Morgan fingerprint density at radius 2 is 2.00 bits per heavy atom. The van der Waals surface area contributed by atoms with Crippen LogP contribution in [0.25, 0.3) is 6.08 Å². The van der Waals surface area contributed by atoms with Crippen LogP contribution in [-0.4, -0.2) is 23.7 Å². The first-order chi connectivity index (χ1) is 9.65. The smallest absolute Gasteiger partial charge is 0.244 e. The molecule has 2 atom stereocenters. The average molecular weight is 274 g/mol. The highest BCUT2D eigenvalue weighted by atomic mass is 16.3. The predicted octanol–water partition coefficient (Wildman–Crippen LogP) is 1.95. The number of carbonyl (C=O) groups excluding carboxylic acids is 1. The number of aliphatic hydroxyl groups is 1. The Balaban J connectivity index is 1.78. The molecule has 1 fully saturated rings. The molecule has 0 aromatic heterocycles. The topological polar surface area (TPSA) is 75.4 Å². The molecule has 2 unspecified atom stereocenters. The second-order valence-electron chi connectivity index (χ2n) is 5.36. The summed E-state index contributed by atoms with van der Waals surface area (Å²) in [6.45, 7) is 0.548. The molecule has 4 heteroatoms. The van der Waals surface area contributed by atoms with Gasteiger partial charge in [0.25, 0.3) is 0 Å². The van der Waals surface area contributed by atoms with Crippen LogP contribution >= 0.6 is 0 Å². The Bertz CT molecular complexity index is 468. The quantitative estimate of drug-likeness (QED) is 0.580. The predicted molar refractivity (Wildman–Crippen MR) is 80.9 cm³/mol. The number of nitrogens with one attached hydrogen (secondary N) is 1. The molecule has 0 bridgehead atoms. The van der Waals surface area contributed by atoms with E-state index < -0.39 is 0 Å². The highest BCUT2D eigenvalue weighted by molar-refractivity contribution is 5.91. The maximum absolute atomic E-state index is 11.7. The largest absolute Gasteiger partial charge is 0.399 e. The van der Waals surface area contributed by atoms with Crippen LogP contribution in [0.5, 0.6) is 0 Å². The molecule has 0 radical (unpaired) electrons. The number of amides is 1. The molecule has 1 aliphatic rings. The van der Waals surface area contributed by atoms with E-state index in [9.17, 15) is 9.90 Å². The molecular formula is C16H22N2O2. The lowest BCUT2D eigenvalue weighted by Crippen LogP contribution is -2.36. The van der Waals surface area contributed by atoms with Gasteiger partial charge in [-0.3, -0.25) is 4.79 Å². The van der Waals surface area contributed by atoms with Crippen molar-refractivity contribution in [3.63, 3.8) is 0 Å². The lowest BCUT2D eigenvalue weighted by Gasteiger charge is -2.27. The second kappa shape index (κ2) is 7.10. The van der Waals surface area contributed by atoms with Crippen molar-refractivity contribution in [2.45, 2.75) is 31.8 Å². The highest BCUT2D eigenvalue weighted by Gasteiger charge is 2.22. The van der Waals surface area contributed by atoms with Crippen LogP contribution in [0.3, 0.4) is 0 Å². The molecule has 2 rings (SSSR count). The maximum atomic E-state index is 11.7. The number of rotatable bonds is 4. The summed E-state index contributed by atoms with van der Waals surface area (Å²) in [7, 11) is 0. The van der Waals surface area contributed by atoms with Crippen molar-refractivity contribution in [1.82, 2.24) is 5.32 Å². The first-order valence-electron chi connectivity index (χ1n) is 7.14. The number of aliphatic hydroxyl groups excluding tert-OH is 1. The lowest BCUT2D eigenvalue weighted by atomic mass is 9.86. The standard InChI is InChI=1S/C16H22N2O2/c17-14-8-5-12(6-9-14)7-10-16(20)18-11-13-3-1-2-4-15(13)19/h5-10,13,15,19H,1-4,11,17H2,(H,18,20)/b10-7+. The van der Waals surface area contributed by atoms with E-state index in [0.717, 1.165) is 31.2 Å². The van der Waals surface area contributed by atoms with Gasteiger partial charge in [0.05, 0.1) is 6.10 Å². The molecule has 0 aliphatic heterocycles. The molecule has 4 N–H and O–H groups in total. The fraction of sp³-hybridized carbons (Fsp3) is 0.438. The first kappa shape index (κ1) is 14.6. The van der Waals surface area contributed by atoms with Gasteiger partial charge in [-0.1, -0.05) is 25.0 Å². The van der Waals surface area contributed by atoms with Gasteiger partial charge in [0.2, 0.25) is 5.91 Å². The van der Waals surface area contributed by atoms with Crippen molar-refractivity contribution in [2.75, 3.05) is 12.3 Å². The first-order valence-corrected chi connectivity index (χ1v) is 7.14. The monoisotopic (exact) mass is 274 g/mol. The van der Waals surface area contributed by atoms with Crippen molar-refractivity contribution in [3.8, 4) is 0 Å². The third-order valence-electron chi connectivity index (χ3n) is 3.77. The van der Waals surface area contributed by atoms with E-state index in [1.807, 2.05) is 12.1 Å². The Labute approximate surface area is 119 Å². The molecule has 1 amide bonds. The molecule has 0 saturated heterocycles. The molecule has 20 heavy (non-hydrogen) atoms. The van der Waals surface area contributed by atoms with E-state index in [1.165, 1.54) is 6.08 Å². The van der Waals surface area contributed by atoms with Gasteiger partial charge >= 0.3 is 0 Å². The molecule has 0 spiro atoms. The molecule has 1 aromatic rings. The highest BCUT2D eigenvalue weighted by Crippen LogP contribution is 2.23. The van der Waals surface area contributed by atoms with Crippen molar-refractivity contribution in [3.05, 3.63) is 35.9 Å². The number of nitrogen functional groups attached to an aromatic ring is 1. The SMILES string of the molecule is Nc1ccc(/C=C/C(=O)NCC2CCCCC2O)cc1. The van der Waals surface area contributed by atoms with Crippen LogP contribution < -0.4 is 11.1 Å². The van der Waals surface area contributed by atoms with Gasteiger partial charge in [-0.15, -0.1) is 0 Å². The Hall–Kier alpha value is -1.81. The summed E-state index contributed by atoms with van der Waals surface area (Å²) in [6, 6.07) is 7.33. The fourth-order valence-corrected chi connectivity index (χ4v) is 2.50. The summed E-state index contributed by atoms with van der Waals surface area (Å²) in [6.07, 6.45) is 7.06. The zero-order valence-electron chi connectivity index (χ0n) is 11.6. The van der Waals surface area contributed by atoms with Crippen LogP contribution in [-0.2, 0) is 4.79 Å². The summed E-state index contributed by atoms with van der Waals surface area (Å²) >= 11 is 0. The van der Waals surface area contributed by atoms with Crippen LogP contribution in [0.4, 0.5) is 5.69 Å². The third-order valence-corrected chi connectivity index (χ3v) is 3.77. The molecule has 108 valence electrons. The van der Waals surface area contributed by atoms with E-state index in [1.54, 1.807) is 18.2 Å². The molecule has 1 saturated carbocycles. The van der Waals surface area contributed by atoms with Crippen molar-refractivity contribution in [1.29, 1.82) is 0 Å². The van der Waals surface area contributed by atoms with Crippen LogP contribution in [0, 0.1) is 5.92 Å². The van der Waals surface area contributed by atoms with Crippen LogP contribution in [0.2, 0.25) is 0 Å². The number of hydrogen-bond acceptors (Lipinski definition) is 3. The summed E-state index contributed by atoms with van der Waals surface area (Å²) in [5.41, 5.74) is 7.24. The van der Waals surface area contributed by atoms with Crippen molar-refractivity contribution in [2.24, 2.45) is 5.92 Å².